The highest BCUT2D eigenvalue weighted by atomic mass is 32.1. The Hall–Kier alpha value is -1.91. The summed E-state index contributed by atoms with van der Waals surface area (Å²) in [5.41, 5.74) is 2.51. The van der Waals surface area contributed by atoms with Crippen LogP contribution in [-0.2, 0) is 6.54 Å². The van der Waals surface area contributed by atoms with Crippen molar-refractivity contribution in [2.45, 2.75) is 25.4 Å². The van der Waals surface area contributed by atoms with E-state index in [0.29, 0.717) is 6.04 Å². The van der Waals surface area contributed by atoms with E-state index in [0.717, 1.165) is 30.3 Å². The van der Waals surface area contributed by atoms with Gasteiger partial charge in [0.1, 0.15) is 0 Å². The monoisotopic (exact) mass is 310 g/mol. The molecule has 1 aliphatic rings. The van der Waals surface area contributed by atoms with Crippen LogP contribution < -0.4 is 0 Å². The molecule has 1 saturated heterocycles. The normalized spacial score (nSPS) is 18.8. The van der Waals surface area contributed by atoms with Gasteiger partial charge in [0.05, 0.1) is 12.7 Å². The maximum absolute atomic E-state index is 5.95. The summed E-state index contributed by atoms with van der Waals surface area (Å²) in [6, 6.07) is 12.9. The van der Waals surface area contributed by atoms with Gasteiger partial charge in [-0.15, -0.1) is 0 Å². The molecule has 4 rings (SSSR count). The highest BCUT2D eigenvalue weighted by Crippen LogP contribution is 2.34. The number of oxazole rings is 1. The van der Waals surface area contributed by atoms with Gasteiger partial charge in [-0.3, -0.25) is 4.90 Å². The quantitative estimate of drug-likeness (QED) is 0.697. The van der Waals surface area contributed by atoms with Crippen molar-refractivity contribution < 1.29 is 4.42 Å². The molecule has 112 valence electrons. The predicted molar refractivity (Wildman–Crippen MR) is 88.6 cm³/mol. The lowest BCUT2D eigenvalue weighted by Gasteiger charge is -2.22. The van der Waals surface area contributed by atoms with Crippen molar-refractivity contribution in [3.05, 3.63) is 64.8 Å². The molecule has 0 aliphatic carbocycles. The van der Waals surface area contributed by atoms with Gasteiger partial charge in [-0.05, 0) is 41.8 Å². The van der Waals surface area contributed by atoms with Gasteiger partial charge in [0.15, 0.2) is 5.76 Å². The molecule has 0 saturated carbocycles. The summed E-state index contributed by atoms with van der Waals surface area (Å²) < 4.78 is 5.95. The standard InChI is InChI=1S/C18H18N2OS/c1-2-5-14(6-3-1)17-11-19-18(21-17)12-20-9-4-7-16(20)15-8-10-22-13-15/h1-3,5-6,8,10-11,13,16H,4,7,9,12H2/t16-/m1/s1. The van der Waals surface area contributed by atoms with Crippen LogP contribution in [-0.4, -0.2) is 16.4 Å². The lowest BCUT2D eigenvalue weighted by Crippen LogP contribution is -2.22. The molecule has 0 bridgehead atoms. The van der Waals surface area contributed by atoms with Gasteiger partial charge < -0.3 is 4.42 Å². The highest BCUT2D eigenvalue weighted by molar-refractivity contribution is 7.07. The fourth-order valence-electron chi connectivity index (χ4n) is 3.15. The van der Waals surface area contributed by atoms with Gasteiger partial charge >= 0.3 is 0 Å². The second-order valence-electron chi connectivity index (χ2n) is 5.67. The van der Waals surface area contributed by atoms with Crippen molar-refractivity contribution in [1.82, 2.24) is 9.88 Å². The van der Waals surface area contributed by atoms with Crippen molar-refractivity contribution in [1.29, 1.82) is 0 Å². The Morgan fingerprint density at radius 1 is 1.23 bits per heavy atom. The molecule has 1 aromatic carbocycles. The van der Waals surface area contributed by atoms with Crippen LogP contribution in [0, 0.1) is 0 Å². The molecule has 3 heterocycles. The van der Waals surface area contributed by atoms with Gasteiger partial charge in [0.25, 0.3) is 0 Å². The average Bonchev–Trinajstić information content (AvgIpc) is 3.30. The Labute approximate surface area is 134 Å². The second kappa shape index (κ2) is 6.07. The molecule has 1 atom stereocenters. The van der Waals surface area contributed by atoms with Crippen LogP contribution in [0.1, 0.15) is 30.3 Å². The first kappa shape index (κ1) is 13.7. The Balaban J connectivity index is 1.51. The van der Waals surface area contributed by atoms with E-state index >= 15 is 0 Å². The summed E-state index contributed by atoms with van der Waals surface area (Å²) in [6.45, 7) is 1.90. The minimum absolute atomic E-state index is 0.512. The van der Waals surface area contributed by atoms with Crippen LogP contribution >= 0.6 is 11.3 Å². The van der Waals surface area contributed by atoms with Crippen LogP contribution in [0.4, 0.5) is 0 Å². The van der Waals surface area contributed by atoms with Gasteiger partial charge in [-0.1, -0.05) is 30.3 Å². The zero-order valence-corrected chi connectivity index (χ0v) is 13.1. The van der Waals surface area contributed by atoms with Crippen LogP contribution in [0.25, 0.3) is 11.3 Å². The molecule has 0 amide bonds. The van der Waals surface area contributed by atoms with E-state index in [4.69, 9.17) is 4.42 Å². The SMILES string of the molecule is c1ccc(-c2cnc(CN3CCC[C@@H]3c3ccsc3)o2)cc1. The van der Waals surface area contributed by atoms with E-state index in [-0.39, 0.29) is 0 Å². The van der Waals surface area contributed by atoms with E-state index in [1.807, 2.05) is 36.5 Å². The molecule has 4 heteroatoms. The third-order valence-electron chi connectivity index (χ3n) is 4.24. The lowest BCUT2D eigenvalue weighted by molar-refractivity contribution is 0.224. The average molecular weight is 310 g/mol. The highest BCUT2D eigenvalue weighted by Gasteiger charge is 2.27. The molecule has 1 aliphatic heterocycles. The van der Waals surface area contributed by atoms with Crippen LogP contribution in [0.5, 0.6) is 0 Å². The van der Waals surface area contributed by atoms with Gasteiger partial charge in [-0.25, -0.2) is 4.98 Å². The third kappa shape index (κ3) is 2.72. The smallest absolute Gasteiger partial charge is 0.209 e. The Kier molecular flexibility index (Phi) is 3.79. The van der Waals surface area contributed by atoms with Gasteiger partial charge in [0.2, 0.25) is 5.89 Å². The number of hydrogen-bond acceptors (Lipinski definition) is 4. The van der Waals surface area contributed by atoms with E-state index in [2.05, 4.69) is 26.7 Å². The first-order chi connectivity index (χ1) is 10.9. The zero-order chi connectivity index (χ0) is 14.8. The summed E-state index contributed by atoms with van der Waals surface area (Å²) in [6.07, 6.45) is 4.30. The molecular weight excluding hydrogens is 292 g/mol. The maximum atomic E-state index is 5.95. The van der Waals surface area contributed by atoms with E-state index in [1.54, 1.807) is 11.3 Å². The first-order valence-corrected chi connectivity index (χ1v) is 8.61. The number of hydrogen-bond donors (Lipinski definition) is 0. The second-order valence-corrected chi connectivity index (χ2v) is 6.45. The van der Waals surface area contributed by atoms with Gasteiger partial charge in [-0.2, -0.15) is 11.3 Å². The van der Waals surface area contributed by atoms with Crippen LogP contribution in [0.2, 0.25) is 0 Å². The van der Waals surface area contributed by atoms with Crippen LogP contribution in [0.3, 0.4) is 0 Å². The molecular formula is C18H18N2OS. The summed E-state index contributed by atoms with van der Waals surface area (Å²) in [5, 5.41) is 4.42. The summed E-state index contributed by atoms with van der Waals surface area (Å²) in [5.74, 6) is 1.66. The zero-order valence-electron chi connectivity index (χ0n) is 12.3. The fourth-order valence-corrected chi connectivity index (χ4v) is 3.86. The number of benzene rings is 1. The number of likely N-dealkylation sites (tertiary alicyclic amines) is 1. The molecule has 2 aromatic heterocycles. The molecule has 0 N–H and O–H groups in total. The first-order valence-electron chi connectivity index (χ1n) is 7.66. The predicted octanol–water partition coefficient (Wildman–Crippen LogP) is 4.74. The lowest BCUT2D eigenvalue weighted by atomic mass is 10.1. The Morgan fingerprint density at radius 2 is 2.14 bits per heavy atom. The number of thiophene rings is 1. The molecule has 1 fully saturated rings. The summed E-state index contributed by atoms with van der Waals surface area (Å²) in [4.78, 5) is 6.94. The molecule has 0 radical (unpaired) electrons. The topological polar surface area (TPSA) is 29.3 Å². The van der Waals surface area contributed by atoms with Crippen molar-refractivity contribution in [2.24, 2.45) is 0 Å². The molecule has 3 nitrogen and oxygen atoms in total. The van der Waals surface area contributed by atoms with Gasteiger partial charge in [0, 0.05) is 11.6 Å². The molecule has 0 unspecified atom stereocenters. The number of rotatable bonds is 4. The summed E-state index contributed by atoms with van der Waals surface area (Å²) >= 11 is 1.77. The minimum atomic E-state index is 0.512. The van der Waals surface area contributed by atoms with E-state index in [9.17, 15) is 0 Å². The van der Waals surface area contributed by atoms with Crippen molar-refractivity contribution >= 4 is 11.3 Å². The Bertz CT molecular complexity index is 721. The minimum Gasteiger partial charge on any atom is -0.439 e. The Morgan fingerprint density at radius 3 is 2.95 bits per heavy atom. The number of nitrogens with zero attached hydrogens (tertiary/aromatic N) is 2. The maximum Gasteiger partial charge on any atom is 0.209 e. The van der Waals surface area contributed by atoms with Crippen molar-refractivity contribution in [3.8, 4) is 11.3 Å². The van der Waals surface area contributed by atoms with E-state index in [1.165, 1.54) is 18.4 Å². The van der Waals surface area contributed by atoms with Crippen molar-refractivity contribution in [3.63, 3.8) is 0 Å². The van der Waals surface area contributed by atoms with Crippen LogP contribution in [0.15, 0.2) is 57.8 Å². The molecule has 3 aromatic rings. The number of aromatic nitrogens is 1. The molecule has 22 heavy (non-hydrogen) atoms. The largest absolute Gasteiger partial charge is 0.439 e. The fraction of sp³-hybridized carbons (Fsp3) is 0.278. The third-order valence-corrected chi connectivity index (χ3v) is 4.94. The van der Waals surface area contributed by atoms with Crippen molar-refractivity contribution in [2.75, 3.05) is 6.54 Å². The summed E-state index contributed by atoms with van der Waals surface area (Å²) in [7, 11) is 0. The molecule has 0 spiro atoms. The van der Waals surface area contributed by atoms with E-state index < -0.39 is 0 Å².